The lowest BCUT2D eigenvalue weighted by atomic mass is 9.86. The summed E-state index contributed by atoms with van der Waals surface area (Å²) in [7, 11) is 0. The summed E-state index contributed by atoms with van der Waals surface area (Å²) in [4.78, 5) is 11.4. The van der Waals surface area contributed by atoms with E-state index in [1.54, 1.807) is 13.0 Å². The number of hydrogen-bond acceptors (Lipinski definition) is 2. The highest BCUT2D eigenvalue weighted by atomic mass is 16.3. The van der Waals surface area contributed by atoms with Gasteiger partial charge in [-0.2, -0.15) is 0 Å². The van der Waals surface area contributed by atoms with Crippen molar-refractivity contribution in [3.8, 4) is 0 Å². The molecule has 0 aliphatic heterocycles. The van der Waals surface area contributed by atoms with Crippen LogP contribution in [0.5, 0.6) is 0 Å². The number of aliphatic hydroxyl groups is 1. The van der Waals surface area contributed by atoms with Gasteiger partial charge in [0.05, 0.1) is 11.5 Å². The molecule has 2 heteroatoms. The van der Waals surface area contributed by atoms with E-state index in [0.717, 1.165) is 12.8 Å². The molecule has 0 aromatic rings. The normalized spacial score (nSPS) is 33.3. The van der Waals surface area contributed by atoms with Crippen molar-refractivity contribution in [2.75, 3.05) is 0 Å². The third kappa shape index (κ3) is 2.41. The average molecular weight is 182 g/mol. The second-order valence-corrected chi connectivity index (χ2v) is 4.49. The molecule has 0 bridgehead atoms. The Morgan fingerprint density at radius 2 is 2.23 bits per heavy atom. The van der Waals surface area contributed by atoms with Gasteiger partial charge < -0.3 is 5.11 Å². The Bertz CT molecular complexity index is 226. The smallest absolute Gasteiger partial charge is 0.161 e. The summed E-state index contributed by atoms with van der Waals surface area (Å²) in [5.74, 6) is 0.449. The van der Waals surface area contributed by atoms with E-state index in [2.05, 4.69) is 13.8 Å². The Morgan fingerprint density at radius 1 is 1.62 bits per heavy atom. The van der Waals surface area contributed by atoms with Crippen molar-refractivity contribution in [2.45, 2.75) is 39.2 Å². The van der Waals surface area contributed by atoms with Gasteiger partial charge in [0, 0.05) is 0 Å². The summed E-state index contributed by atoms with van der Waals surface area (Å²) in [6.07, 6.45) is 4.90. The topological polar surface area (TPSA) is 37.3 Å². The lowest BCUT2D eigenvalue weighted by Crippen LogP contribution is -2.32. The van der Waals surface area contributed by atoms with Crippen molar-refractivity contribution in [1.29, 1.82) is 0 Å². The van der Waals surface area contributed by atoms with Crippen molar-refractivity contribution >= 4 is 5.78 Å². The predicted molar refractivity (Wildman–Crippen MR) is 52.3 cm³/mol. The van der Waals surface area contributed by atoms with Gasteiger partial charge in [-0.15, -0.1) is 0 Å². The minimum Gasteiger partial charge on any atom is -0.385 e. The maximum absolute atomic E-state index is 11.4. The number of carbonyl (C=O) groups excluding carboxylic acids is 1. The first kappa shape index (κ1) is 10.5. The van der Waals surface area contributed by atoms with E-state index in [1.807, 2.05) is 0 Å². The quantitative estimate of drug-likeness (QED) is 0.724. The fraction of sp³-hybridized carbons (Fsp3) is 0.727. The summed E-state index contributed by atoms with van der Waals surface area (Å²) in [5.41, 5.74) is -0.911. The van der Waals surface area contributed by atoms with E-state index in [1.165, 1.54) is 6.08 Å². The summed E-state index contributed by atoms with van der Waals surface area (Å²) >= 11 is 0. The fourth-order valence-corrected chi connectivity index (χ4v) is 1.71. The van der Waals surface area contributed by atoms with Crippen molar-refractivity contribution in [3.05, 3.63) is 12.2 Å². The molecule has 0 heterocycles. The van der Waals surface area contributed by atoms with Crippen molar-refractivity contribution < 1.29 is 9.90 Å². The molecule has 0 amide bonds. The van der Waals surface area contributed by atoms with Gasteiger partial charge in [-0.3, -0.25) is 4.79 Å². The summed E-state index contributed by atoms with van der Waals surface area (Å²) in [5, 5.41) is 9.83. The lowest BCUT2D eigenvalue weighted by molar-refractivity contribution is -0.122. The van der Waals surface area contributed by atoms with Crippen LogP contribution in [0.25, 0.3) is 0 Å². The van der Waals surface area contributed by atoms with Gasteiger partial charge >= 0.3 is 0 Å². The first-order valence-electron chi connectivity index (χ1n) is 4.89. The van der Waals surface area contributed by atoms with Crippen LogP contribution in [0.4, 0.5) is 0 Å². The zero-order valence-electron chi connectivity index (χ0n) is 8.58. The molecule has 0 radical (unpaired) electrons. The number of carbonyl (C=O) groups is 1. The van der Waals surface area contributed by atoms with Crippen LogP contribution in [-0.4, -0.2) is 16.5 Å². The summed E-state index contributed by atoms with van der Waals surface area (Å²) in [6, 6.07) is 0. The monoisotopic (exact) mass is 182 g/mol. The van der Waals surface area contributed by atoms with Gasteiger partial charge in [0.15, 0.2) is 5.78 Å². The largest absolute Gasteiger partial charge is 0.385 e. The van der Waals surface area contributed by atoms with Gasteiger partial charge in [-0.1, -0.05) is 20.3 Å². The first-order valence-corrected chi connectivity index (χ1v) is 4.89. The molecular weight excluding hydrogens is 164 g/mol. The SMILES string of the molecule is CC(C)CCC1C(=O)C=CC1(C)O. The van der Waals surface area contributed by atoms with E-state index < -0.39 is 5.60 Å². The molecule has 1 N–H and O–H groups in total. The maximum atomic E-state index is 11.4. The third-order valence-electron chi connectivity index (χ3n) is 2.67. The van der Waals surface area contributed by atoms with Gasteiger partial charge in [0.25, 0.3) is 0 Å². The molecular formula is C11H18O2. The number of hydrogen-bond donors (Lipinski definition) is 1. The van der Waals surface area contributed by atoms with Gasteiger partial charge in [-0.25, -0.2) is 0 Å². The lowest BCUT2D eigenvalue weighted by Gasteiger charge is -2.24. The molecule has 1 aliphatic carbocycles. The number of ketones is 1. The molecule has 0 saturated carbocycles. The molecule has 0 aromatic carbocycles. The maximum Gasteiger partial charge on any atom is 0.161 e. The van der Waals surface area contributed by atoms with Crippen molar-refractivity contribution in [1.82, 2.24) is 0 Å². The second-order valence-electron chi connectivity index (χ2n) is 4.49. The minimum atomic E-state index is -0.911. The zero-order chi connectivity index (χ0) is 10.1. The summed E-state index contributed by atoms with van der Waals surface area (Å²) in [6.45, 7) is 5.96. The zero-order valence-corrected chi connectivity index (χ0v) is 8.58. The van der Waals surface area contributed by atoms with E-state index in [9.17, 15) is 9.90 Å². The second kappa shape index (κ2) is 3.62. The van der Waals surface area contributed by atoms with E-state index >= 15 is 0 Å². The van der Waals surface area contributed by atoms with E-state index in [4.69, 9.17) is 0 Å². The van der Waals surface area contributed by atoms with Crippen LogP contribution in [0.3, 0.4) is 0 Å². The highest BCUT2D eigenvalue weighted by Gasteiger charge is 2.38. The first-order chi connectivity index (χ1) is 5.93. The van der Waals surface area contributed by atoms with Crippen molar-refractivity contribution in [3.63, 3.8) is 0 Å². The predicted octanol–water partition coefficient (Wildman–Crippen LogP) is 1.93. The Labute approximate surface area is 79.6 Å². The molecule has 1 rings (SSSR count). The highest BCUT2D eigenvalue weighted by molar-refractivity contribution is 5.95. The highest BCUT2D eigenvalue weighted by Crippen LogP contribution is 2.31. The Hall–Kier alpha value is -0.630. The van der Waals surface area contributed by atoms with Crippen LogP contribution in [0.15, 0.2) is 12.2 Å². The van der Waals surface area contributed by atoms with E-state index in [0.29, 0.717) is 5.92 Å². The molecule has 2 nitrogen and oxygen atoms in total. The van der Waals surface area contributed by atoms with Gasteiger partial charge in [-0.05, 0) is 31.4 Å². The minimum absolute atomic E-state index is 0.0747. The molecule has 13 heavy (non-hydrogen) atoms. The molecule has 74 valence electrons. The van der Waals surface area contributed by atoms with Gasteiger partial charge in [0.2, 0.25) is 0 Å². The number of rotatable bonds is 3. The molecule has 0 fully saturated rings. The van der Waals surface area contributed by atoms with E-state index in [-0.39, 0.29) is 11.7 Å². The van der Waals surface area contributed by atoms with Crippen LogP contribution in [0, 0.1) is 11.8 Å². The summed E-state index contributed by atoms with van der Waals surface area (Å²) < 4.78 is 0. The van der Waals surface area contributed by atoms with Crippen LogP contribution in [0.2, 0.25) is 0 Å². The fourth-order valence-electron chi connectivity index (χ4n) is 1.71. The Morgan fingerprint density at radius 3 is 2.62 bits per heavy atom. The molecule has 0 spiro atoms. The Kier molecular flexibility index (Phi) is 2.91. The van der Waals surface area contributed by atoms with Crippen LogP contribution in [0.1, 0.15) is 33.6 Å². The molecule has 2 atom stereocenters. The van der Waals surface area contributed by atoms with Crippen LogP contribution < -0.4 is 0 Å². The Balaban J connectivity index is 2.54. The standard InChI is InChI=1S/C11H18O2/c1-8(2)4-5-9-10(12)6-7-11(9,3)13/h6-9,13H,4-5H2,1-3H3. The third-order valence-corrected chi connectivity index (χ3v) is 2.67. The van der Waals surface area contributed by atoms with Crippen LogP contribution in [-0.2, 0) is 4.79 Å². The molecule has 0 aromatic heterocycles. The molecule has 1 aliphatic rings. The average Bonchev–Trinajstić information content (AvgIpc) is 2.23. The number of allylic oxidation sites excluding steroid dienone is 1. The van der Waals surface area contributed by atoms with Gasteiger partial charge in [0.1, 0.15) is 0 Å². The van der Waals surface area contributed by atoms with Crippen molar-refractivity contribution in [2.24, 2.45) is 11.8 Å². The molecule has 2 unspecified atom stereocenters. The van der Waals surface area contributed by atoms with Crippen LogP contribution >= 0.6 is 0 Å². The molecule has 0 saturated heterocycles.